The van der Waals surface area contributed by atoms with Crippen LogP contribution in [0, 0.1) is 5.82 Å². The zero-order valence-corrected chi connectivity index (χ0v) is 25.8. The quantitative estimate of drug-likeness (QED) is 0.232. The Morgan fingerprint density at radius 1 is 0.745 bits per heavy atom. The average Bonchev–Trinajstić information content (AvgIpc) is 3.46. The molecule has 0 saturated carbocycles. The molecule has 1 aliphatic heterocycles. The molecule has 3 aromatic heterocycles. The van der Waals surface area contributed by atoms with Gasteiger partial charge in [0.05, 0.1) is 11.6 Å². The highest BCUT2D eigenvalue weighted by Crippen LogP contribution is 2.28. The van der Waals surface area contributed by atoms with Gasteiger partial charge in [-0.05, 0) is 48.5 Å². The number of rotatable bonds is 4. The van der Waals surface area contributed by atoms with Gasteiger partial charge in [0.1, 0.15) is 11.5 Å². The van der Waals surface area contributed by atoms with E-state index in [-0.39, 0.29) is 11.9 Å². The third-order valence-electron chi connectivity index (χ3n) is 6.55. The van der Waals surface area contributed by atoms with Crippen molar-refractivity contribution in [2.45, 2.75) is 31.1 Å². The van der Waals surface area contributed by atoms with Crippen LogP contribution in [0.5, 0.6) is 0 Å². The number of pyridine rings is 2. The molecule has 4 heterocycles. The molecule has 1 atom stereocenters. The van der Waals surface area contributed by atoms with Gasteiger partial charge >= 0.3 is 36.4 Å². The Balaban J connectivity index is 0.000000352. The minimum atomic E-state index is -5.08. The maximum absolute atomic E-state index is 13.2. The second-order valence-corrected chi connectivity index (χ2v) is 10.2. The molecule has 1 fully saturated rings. The molecule has 1 aromatic carbocycles. The largest absolute Gasteiger partial charge is 0.490 e. The number of hydrogen-bond donors (Lipinski definition) is 3. The molecule has 1 aliphatic rings. The molecule has 0 radical (unpaired) electrons. The maximum Gasteiger partial charge on any atom is 0.490 e. The van der Waals surface area contributed by atoms with Crippen molar-refractivity contribution in [3.05, 3.63) is 84.2 Å². The van der Waals surface area contributed by atoms with Crippen LogP contribution in [0.4, 0.5) is 43.9 Å². The van der Waals surface area contributed by atoms with E-state index in [9.17, 15) is 43.9 Å². The molecule has 278 valence electrons. The second kappa shape index (κ2) is 17.5. The van der Waals surface area contributed by atoms with Crippen LogP contribution in [-0.2, 0) is 20.9 Å². The minimum absolute atomic E-state index is 0.156. The molecule has 0 amide bonds. The van der Waals surface area contributed by atoms with Crippen molar-refractivity contribution in [2.75, 3.05) is 26.7 Å². The van der Waals surface area contributed by atoms with E-state index in [1.54, 1.807) is 12.4 Å². The number of piperazine rings is 1. The van der Waals surface area contributed by atoms with Crippen LogP contribution in [0.15, 0.2) is 67.1 Å². The highest BCUT2D eigenvalue weighted by atomic mass is 19.4. The lowest BCUT2D eigenvalue weighted by molar-refractivity contribution is -0.193. The number of alkyl halides is 9. The van der Waals surface area contributed by atoms with Crippen molar-refractivity contribution >= 4 is 23.4 Å². The predicted molar refractivity (Wildman–Crippen MR) is 154 cm³/mol. The summed E-state index contributed by atoms with van der Waals surface area (Å²) < 4.78 is 110. The predicted octanol–water partition coefficient (Wildman–Crippen LogP) is 5.32. The lowest BCUT2D eigenvalue weighted by Gasteiger charge is -2.38. The Hall–Kier alpha value is -5.38. The number of carboxylic acid groups (broad SMARTS) is 3. The first-order valence-corrected chi connectivity index (χ1v) is 13.8. The molecule has 51 heavy (non-hydrogen) atoms. The van der Waals surface area contributed by atoms with Crippen LogP contribution in [-0.4, -0.2) is 108 Å². The topological polar surface area (TPSA) is 161 Å². The molecule has 3 N–H and O–H groups in total. The molecular formula is C29H26F10N6O6. The van der Waals surface area contributed by atoms with E-state index < -0.39 is 36.4 Å². The van der Waals surface area contributed by atoms with Crippen molar-refractivity contribution in [1.29, 1.82) is 0 Å². The molecule has 22 heteroatoms. The molecule has 4 aromatic rings. The number of halogens is 10. The molecule has 1 saturated heterocycles. The summed E-state index contributed by atoms with van der Waals surface area (Å²) in [4.78, 5) is 35.5. The van der Waals surface area contributed by atoms with Crippen LogP contribution in [0.25, 0.3) is 16.6 Å². The Labute approximate surface area is 280 Å². The van der Waals surface area contributed by atoms with E-state index in [2.05, 4.69) is 44.3 Å². The average molecular weight is 745 g/mol. The van der Waals surface area contributed by atoms with Gasteiger partial charge in [-0.25, -0.2) is 23.3 Å². The number of carboxylic acids is 3. The summed E-state index contributed by atoms with van der Waals surface area (Å²) >= 11 is 0. The molecule has 0 bridgehead atoms. The first-order chi connectivity index (χ1) is 23.5. The van der Waals surface area contributed by atoms with Gasteiger partial charge in [0.2, 0.25) is 0 Å². The SMILES string of the molecule is CN1CCN(Cc2ccc(F)cc2)CC1c1nnn2cc(-c3ccncc3)ccc12.O=C(O)C(F)(F)F.O=C(O)C(F)(F)F.O=C(O)C(F)(F)F. The van der Waals surface area contributed by atoms with Gasteiger partial charge in [0.15, 0.2) is 0 Å². The summed E-state index contributed by atoms with van der Waals surface area (Å²) in [6.07, 6.45) is -9.65. The van der Waals surface area contributed by atoms with Gasteiger partial charge < -0.3 is 15.3 Å². The Bertz CT molecular complexity index is 1690. The monoisotopic (exact) mass is 744 g/mol. The lowest BCUT2D eigenvalue weighted by Crippen LogP contribution is -2.46. The summed E-state index contributed by atoms with van der Waals surface area (Å²) in [5, 5.41) is 30.3. The molecule has 5 rings (SSSR count). The fourth-order valence-electron chi connectivity index (χ4n) is 4.08. The number of aliphatic carboxylic acids is 3. The van der Waals surface area contributed by atoms with E-state index in [1.807, 2.05) is 35.0 Å². The van der Waals surface area contributed by atoms with E-state index in [1.165, 1.54) is 12.1 Å². The van der Waals surface area contributed by atoms with Gasteiger partial charge in [0.25, 0.3) is 0 Å². The minimum Gasteiger partial charge on any atom is -0.475 e. The van der Waals surface area contributed by atoms with Crippen LogP contribution in [0.1, 0.15) is 17.3 Å². The van der Waals surface area contributed by atoms with Gasteiger partial charge in [-0.3, -0.25) is 14.8 Å². The third kappa shape index (κ3) is 13.5. The standard InChI is InChI=1S/C23H23FN6.3C2HF3O2/c1-28-12-13-29(14-17-2-5-20(24)6-3-17)16-22(28)23-21-7-4-19(15-30(21)27-26-23)18-8-10-25-11-9-18;3*3-2(4,5)1(6)7/h2-11,15,22H,12-14,16H2,1H3;3*(H,6,7). The summed E-state index contributed by atoms with van der Waals surface area (Å²) in [5.41, 5.74) is 5.31. The molecule has 0 aliphatic carbocycles. The van der Waals surface area contributed by atoms with Gasteiger partial charge in [0, 0.05) is 50.3 Å². The van der Waals surface area contributed by atoms with E-state index in [0.29, 0.717) is 0 Å². The third-order valence-corrected chi connectivity index (χ3v) is 6.55. The summed E-state index contributed by atoms with van der Waals surface area (Å²) in [6, 6.07) is 15.1. The van der Waals surface area contributed by atoms with Crippen molar-refractivity contribution in [3.8, 4) is 11.1 Å². The first kappa shape index (κ1) is 41.8. The maximum atomic E-state index is 13.2. The van der Waals surface area contributed by atoms with Gasteiger partial charge in [-0.2, -0.15) is 39.5 Å². The van der Waals surface area contributed by atoms with Gasteiger partial charge in [-0.1, -0.05) is 23.4 Å². The normalized spacial score (nSPS) is 15.3. The molecular weight excluding hydrogens is 718 g/mol. The number of nitrogens with zero attached hydrogens (tertiary/aromatic N) is 6. The zero-order chi connectivity index (χ0) is 38.7. The van der Waals surface area contributed by atoms with Crippen molar-refractivity contribution < 1.29 is 73.6 Å². The van der Waals surface area contributed by atoms with Crippen LogP contribution >= 0.6 is 0 Å². The van der Waals surface area contributed by atoms with Crippen molar-refractivity contribution in [1.82, 2.24) is 29.6 Å². The van der Waals surface area contributed by atoms with E-state index >= 15 is 0 Å². The lowest BCUT2D eigenvalue weighted by atomic mass is 10.1. The fourth-order valence-corrected chi connectivity index (χ4v) is 4.08. The highest BCUT2D eigenvalue weighted by Gasteiger charge is 2.39. The molecule has 0 spiro atoms. The van der Waals surface area contributed by atoms with Gasteiger partial charge in [-0.15, -0.1) is 5.10 Å². The molecule has 1 unspecified atom stereocenters. The number of aromatic nitrogens is 4. The summed E-state index contributed by atoms with van der Waals surface area (Å²) in [7, 11) is 2.14. The second-order valence-electron chi connectivity index (χ2n) is 10.2. The Morgan fingerprint density at radius 3 is 1.71 bits per heavy atom. The Morgan fingerprint density at radius 2 is 1.24 bits per heavy atom. The smallest absolute Gasteiger partial charge is 0.475 e. The number of hydrogen-bond acceptors (Lipinski definition) is 8. The van der Waals surface area contributed by atoms with Crippen molar-refractivity contribution in [2.24, 2.45) is 0 Å². The van der Waals surface area contributed by atoms with Crippen LogP contribution < -0.4 is 0 Å². The summed E-state index contributed by atoms with van der Waals surface area (Å²) in [5.74, 6) is -8.47. The fraction of sp³-hybridized carbons (Fsp3) is 0.310. The van der Waals surface area contributed by atoms with Crippen LogP contribution in [0.2, 0.25) is 0 Å². The molecule has 12 nitrogen and oxygen atoms in total. The number of benzene rings is 1. The Kier molecular flexibility index (Phi) is 14.4. The van der Waals surface area contributed by atoms with E-state index in [0.717, 1.165) is 54.1 Å². The first-order valence-electron chi connectivity index (χ1n) is 13.8. The van der Waals surface area contributed by atoms with E-state index in [4.69, 9.17) is 29.7 Å². The number of likely N-dealkylation sites (N-methyl/N-ethyl adjacent to an activating group) is 1. The zero-order valence-electron chi connectivity index (χ0n) is 25.8. The number of carbonyl (C=O) groups is 3. The van der Waals surface area contributed by atoms with Crippen molar-refractivity contribution in [3.63, 3.8) is 0 Å². The highest BCUT2D eigenvalue weighted by molar-refractivity contribution is 5.73. The summed E-state index contributed by atoms with van der Waals surface area (Å²) in [6.45, 7) is 3.57. The van der Waals surface area contributed by atoms with Crippen LogP contribution in [0.3, 0.4) is 0 Å². The number of fused-ring (bicyclic) bond motifs is 1.